The van der Waals surface area contributed by atoms with Crippen LogP contribution in [0.1, 0.15) is 54.1 Å². The number of carbonyl (C=O) groups is 4. The normalized spacial score (nSPS) is 21.1. The molecule has 0 aliphatic carbocycles. The fourth-order valence-corrected chi connectivity index (χ4v) is 11.4. The van der Waals surface area contributed by atoms with Gasteiger partial charge in [0.1, 0.15) is 5.75 Å². The van der Waals surface area contributed by atoms with Crippen LogP contribution in [0.25, 0.3) is 0 Å². The molecule has 12 nitrogen and oxygen atoms in total. The van der Waals surface area contributed by atoms with Gasteiger partial charge in [-0.2, -0.15) is 0 Å². The first-order valence-corrected chi connectivity index (χ1v) is 22.5. The summed E-state index contributed by atoms with van der Waals surface area (Å²) >= 11 is 0. The molecule has 0 aromatic heterocycles. The molecule has 3 amide bonds. The maximum atomic E-state index is 15.1. The van der Waals surface area contributed by atoms with E-state index in [1.807, 2.05) is 67.6 Å². The molecule has 0 radical (unpaired) electrons. The quantitative estimate of drug-likeness (QED) is 0.0862. The predicted molar refractivity (Wildman–Crippen MR) is 217 cm³/mol. The summed E-state index contributed by atoms with van der Waals surface area (Å²) in [4.78, 5) is 72.5. The van der Waals surface area contributed by atoms with Crippen LogP contribution >= 0.6 is 0 Å². The second-order valence-electron chi connectivity index (χ2n) is 15.5. The van der Waals surface area contributed by atoms with Crippen molar-refractivity contribution >= 4 is 49.1 Å². The van der Waals surface area contributed by atoms with Crippen LogP contribution < -0.4 is 14.5 Å². The number of ether oxygens (including phenoxy) is 3. The highest BCUT2D eigenvalue weighted by Gasteiger charge is 2.66. The van der Waals surface area contributed by atoms with Gasteiger partial charge in [-0.05, 0) is 74.0 Å². The van der Waals surface area contributed by atoms with E-state index in [0.717, 1.165) is 5.56 Å². The molecule has 298 valence electrons. The van der Waals surface area contributed by atoms with E-state index in [2.05, 4.69) is 0 Å². The Morgan fingerprint density at radius 3 is 2.33 bits per heavy atom. The zero-order valence-electron chi connectivity index (χ0n) is 32.7. The number of rotatable bonds is 13. The lowest BCUT2D eigenvalue weighted by Crippen LogP contribution is -2.46. The number of hydrogen-bond donors (Lipinski definition) is 2. The van der Waals surface area contributed by atoms with Gasteiger partial charge in [0.15, 0.2) is 19.7 Å². The lowest BCUT2D eigenvalue weighted by Gasteiger charge is -2.33. The Kier molecular flexibility index (Phi) is 11.4. The van der Waals surface area contributed by atoms with E-state index in [9.17, 15) is 24.3 Å². The molecule has 3 aliphatic heterocycles. The number of para-hydroxylation sites is 3. The number of anilines is 3. The minimum absolute atomic E-state index is 0.106. The zero-order chi connectivity index (χ0) is 40.5. The SMILES string of the molecule is COC(=O)CCCCN1C(=O)[C@@]2(O[C@@H](CC(=O)N(CCO)Cc3ccccc3)[C@H]([Si](C)(C)O)[C@H]2C)c2cc(N3C(=O)c4ccccc4Oc4ccccc43)ccc21. The maximum absolute atomic E-state index is 15.1. The second kappa shape index (κ2) is 16.3. The molecular formula is C44H49N3O9Si. The third kappa shape index (κ3) is 7.48. The molecule has 57 heavy (non-hydrogen) atoms. The van der Waals surface area contributed by atoms with Crippen LogP contribution in [0.4, 0.5) is 17.1 Å². The first-order valence-electron chi connectivity index (χ1n) is 19.5. The standard InChI is InChI=1S/C44H49N3O9Si/c1-29-41(57(3,4)53)38(27-39(49)45(24-25-48)28-30-14-6-5-7-15-30)56-44(29)33-26-31(21-22-34(33)46(43(44)52)23-13-12-20-40(50)54-2)47-35-17-9-11-19-37(35)55-36-18-10-8-16-32(36)42(47)51/h5-11,14-19,21-22,26,29,38,41,48,53H,12-13,20,23-25,27-28H2,1-4H3/t29-,38+,41-,44+/m1/s1. The topological polar surface area (TPSA) is 146 Å². The average Bonchev–Trinajstić information content (AvgIpc) is 3.57. The number of methoxy groups -OCH3 is 1. The fourth-order valence-electron chi connectivity index (χ4n) is 8.85. The van der Waals surface area contributed by atoms with E-state index < -0.39 is 31.5 Å². The number of esters is 1. The monoisotopic (exact) mass is 791 g/mol. The number of unbranched alkanes of at least 4 members (excludes halogenated alkanes) is 1. The van der Waals surface area contributed by atoms with E-state index in [4.69, 9.17) is 14.2 Å². The van der Waals surface area contributed by atoms with Gasteiger partial charge in [-0.15, -0.1) is 0 Å². The predicted octanol–water partition coefficient (Wildman–Crippen LogP) is 6.67. The summed E-state index contributed by atoms with van der Waals surface area (Å²) in [7, 11) is -1.82. The molecule has 0 unspecified atom stereocenters. The Labute approximate surface area is 333 Å². The van der Waals surface area contributed by atoms with Gasteiger partial charge in [0.05, 0.1) is 43.2 Å². The average molecular weight is 792 g/mol. The number of carbonyl (C=O) groups excluding carboxylic acids is 4. The highest BCUT2D eigenvalue weighted by Crippen LogP contribution is 2.60. The Bertz CT molecular complexity index is 2160. The summed E-state index contributed by atoms with van der Waals surface area (Å²) in [6.45, 7) is 5.94. The Morgan fingerprint density at radius 2 is 1.61 bits per heavy atom. The lowest BCUT2D eigenvalue weighted by molar-refractivity contribution is -0.149. The van der Waals surface area contributed by atoms with Crippen LogP contribution in [0, 0.1) is 5.92 Å². The molecule has 7 rings (SSSR count). The van der Waals surface area contributed by atoms with Crippen molar-refractivity contribution < 1.29 is 43.3 Å². The van der Waals surface area contributed by atoms with Crippen LogP contribution in [-0.4, -0.2) is 79.7 Å². The number of benzene rings is 4. The van der Waals surface area contributed by atoms with Crippen molar-refractivity contribution in [3.63, 3.8) is 0 Å². The molecule has 1 fully saturated rings. The minimum Gasteiger partial charge on any atom is -0.469 e. The van der Waals surface area contributed by atoms with Gasteiger partial charge in [-0.3, -0.25) is 24.1 Å². The Balaban J connectivity index is 1.31. The Morgan fingerprint density at radius 1 is 0.912 bits per heavy atom. The number of hydrogen-bond acceptors (Lipinski definition) is 9. The van der Waals surface area contributed by atoms with Crippen molar-refractivity contribution in [3.8, 4) is 11.5 Å². The van der Waals surface area contributed by atoms with Crippen LogP contribution in [0.2, 0.25) is 18.6 Å². The van der Waals surface area contributed by atoms with Gasteiger partial charge in [-0.1, -0.05) is 61.5 Å². The molecule has 1 spiro atoms. The van der Waals surface area contributed by atoms with Gasteiger partial charge in [-0.25, -0.2) is 0 Å². The van der Waals surface area contributed by atoms with Crippen LogP contribution in [-0.2, 0) is 36.0 Å². The summed E-state index contributed by atoms with van der Waals surface area (Å²) < 4.78 is 18.1. The molecular weight excluding hydrogens is 743 g/mol. The van der Waals surface area contributed by atoms with Gasteiger partial charge in [0.25, 0.3) is 11.8 Å². The number of aliphatic hydroxyl groups is 1. The molecule has 4 aromatic rings. The molecule has 0 saturated carbocycles. The molecule has 13 heteroatoms. The van der Waals surface area contributed by atoms with Crippen molar-refractivity contribution in [2.24, 2.45) is 5.92 Å². The highest BCUT2D eigenvalue weighted by atomic mass is 28.4. The zero-order valence-corrected chi connectivity index (χ0v) is 33.7. The van der Waals surface area contributed by atoms with Crippen molar-refractivity contribution in [2.75, 3.05) is 36.6 Å². The first kappa shape index (κ1) is 39.9. The third-order valence-corrected chi connectivity index (χ3v) is 13.9. The van der Waals surface area contributed by atoms with E-state index >= 15 is 4.79 Å². The van der Waals surface area contributed by atoms with Crippen molar-refractivity contribution in [3.05, 3.63) is 114 Å². The molecule has 0 bridgehead atoms. The smallest absolute Gasteiger partial charge is 0.305 e. The second-order valence-corrected chi connectivity index (χ2v) is 19.5. The molecule has 1 saturated heterocycles. The number of amides is 3. The summed E-state index contributed by atoms with van der Waals surface area (Å²) in [5.74, 6) is -0.931. The number of aliphatic hydroxyl groups excluding tert-OH is 1. The largest absolute Gasteiger partial charge is 0.469 e. The molecule has 4 atom stereocenters. The van der Waals surface area contributed by atoms with Crippen LogP contribution in [0.15, 0.2) is 97.1 Å². The lowest BCUT2D eigenvalue weighted by atomic mass is 9.82. The molecule has 3 heterocycles. The molecule has 2 N–H and O–H groups in total. The van der Waals surface area contributed by atoms with Gasteiger partial charge >= 0.3 is 5.97 Å². The van der Waals surface area contributed by atoms with Gasteiger partial charge in [0.2, 0.25) is 5.91 Å². The minimum atomic E-state index is -3.16. The van der Waals surface area contributed by atoms with Crippen LogP contribution in [0.5, 0.6) is 11.5 Å². The van der Waals surface area contributed by atoms with Crippen molar-refractivity contribution in [1.29, 1.82) is 0 Å². The van der Waals surface area contributed by atoms with E-state index in [-0.39, 0.29) is 62.8 Å². The molecule has 4 aromatic carbocycles. The number of fused-ring (bicyclic) bond motifs is 4. The summed E-state index contributed by atoms with van der Waals surface area (Å²) in [6.07, 6.45) is 0.237. The van der Waals surface area contributed by atoms with Crippen molar-refractivity contribution in [1.82, 2.24) is 4.90 Å². The maximum Gasteiger partial charge on any atom is 0.305 e. The Hall–Kier alpha value is -5.34. The third-order valence-electron chi connectivity index (χ3n) is 11.4. The van der Waals surface area contributed by atoms with Crippen molar-refractivity contribution in [2.45, 2.75) is 69.5 Å². The van der Waals surface area contributed by atoms with E-state index in [0.29, 0.717) is 52.5 Å². The molecule has 3 aliphatic rings. The summed E-state index contributed by atoms with van der Waals surface area (Å²) in [5.41, 5.74) is 1.24. The highest BCUT2D eigenvalue weighted by molar-refractivity contribution is 6.71. The summed E-state index contributed by atoms with van der Waals surface area (Å²) in [6, 6.07) is 29.3. The van der Waals surface area contributed by atoms with E-state index in [1.165, 1.54) is 7.11 Å². The van der Waals surface area contributed by atoms with Crippen LogP contribution in [0.3, 0.4) is 0 Å². The van der Waals surface area contributed by atoms with Gasteiger partial charge < -0.3 is 33.9 Å². The number of nitrogens with zero attached hydrogens (tertiary/aromatic N) is 3. The fraction of sp³-hybridized carbons (Fsp3) is 0.364. The van der Waals surface area contributed by atoms with Gasteiger partial charge in [0, 0.05) is 48.8 Å². The van der Waals surface area contributed by atoms with E-state index in [1.54, 1.807) is 64.2 Å². The first-order chi connectivity index (χ1) is 27.4. The summed E-state index contributed by atoms with van der Waals surface area (Å²) in [5, 5.41) is 9.94.